The van der Waals surface area contributed by atoms with E-state index in [4.69, 9.17) is 4.42 Å². The molecule has 1 aromatic heterocycles. The molecule has 0 fully saturated rings. The van der Waals surface area contributed by atoms with E-state index in [9.17, 15) is 22.0 Å². The topological polar surface area (TPSA) is 85.6 Å². The zero-order valence-corrected chi connectivity index (χ0v) is 11.4. The number of esters is 1. The lowest BCUT2D eigenvalue weighted by Crippen LogP contribution is -2.13. The number of ether oxygens (including phenoxy) is 1. The van der Waals surface area contributed by atoms with Crippen LogP contribution in [-0.4, -0.2) is 21.5 Å². The number of anilines is 1. The standard InChI is InChI=1S/C12H9F2NO5S/c1-19-12(16)9-5-6-10(20-9)21(17,18)15-8-4-2-3-7(13)11(8)14/h2-6,15H,1H3. The second-order valence-corrected chi connectivity index (χ2v) is 5.43. The van der Waals surface area contributed by atoms with Crippen molar-refractivity contribution in [2.45, 2.75) is 5.09 Å². The van der Waals surface area contributed by atoms with Crippen molar-refractivity contribution in [3.8, 4) is 0 Å². The molecule has 9 heteroatoms. The van der Waals surface area contributed by atoms with Gasteiger partial charge in [0.05, 0.1) is 12.8 Å². The lowest BCUT2D eigenvalue weighted by atomic mass is 10.3. The average Bonchev–Trinajstić information content (AvgIpc) is 2.93. The van der Waals surface area contributed by atoms with Crippen molar-refractivity contribution in [2.24, 2.45) is 0 Å². The second-order valence-electron chi connectivity index (χ2n) is 3.82. The van der Waals surface area contributed by atoms with E-state index in [1.165, 1.54) is 0 Å². The van der Waals surface area contributed by atoms with Crippen LogP contribution >= 0.6 is 0 Å². The molecule has 112 valence electrons. The van der Waals surface area contributed by atoms with Gasteiger partial charge >= 0.3 is 5.97 Å². The number of furan rings is 1. The van der Waals surface area contributed by atoms with E-state index in [1.54, 1.807) is 0 Å². The molecule has 0 aliphatic carbocycles. The largest absolute Gasteiger partial charge is 0.463 e. The Morgan fingerprint density at radius 1 is 1.24 bits per heavy atom. The van der Waals surface area contributed by atoms with Crippen LogP contribution in [0.15, 0.2) is 39.8 Å². The Morgan fingerprint density at radius 2 is 1.95 bits per heavy atom. The molecule has 0 bridgehead atoms. The van der Waals surface area contributed by atoms with Gasteiger partial charge in [-0.1, -0.05) is 6.07 Å². The number of halogens is 2. The molecule has 2 aromatic rings. The van der Waals surface area contributed by atoms with Crippen LogP contribution in [0.5, 0.6) is 0 Å². The van der Waals surface area contributed by atoms with Gasteiger partial charge in [-0.2, -0.15) is 8.42 Å². The van der Waals surface area contributed by atoms with Gasteiger partial charge in [-0.15, -0.1) is 0 Å². The first-order valence-electron chi connectivity index (χ1n) is 5.50. The summed E-state index contributed by atoms with van der Waals surface area (Å²) in [7, 11) is -3.21. The summed E-state index contributed by atoms with van der Waals surface area (Å²) in [6.45, 7) is 0. The third-order valence-electron chi connectivity index (χ3n) is 2.43. The van der Waals surface area contributed by atoms with Crippen LogP contribution in [0.1, 0.15) is 10.6 Å². The fourth-order valence-corrected chi connectivity index (χ4v) is 2.45. The molecule has 0 aliphatic heterocycles. The highest BCUT2D eigenvalue weighted by molar-refractivity contribution is 7.92. The fourth-order valence-electron chi connectivity index (χ4n) is 1.45. The molecule has 0 amide bonds. The molecule has 0 aliphatic rings. The molecule has 21 heavy (non-hydrogen) atoms. The molecular weight excluding hydrogens is 308 g/mol. The van der Waals surface area contributed by atoms with Crippen LogP contribution < -0.4 is 4.72 Å². The van der Waals surface area contributed by atoms with Crippen molar-refractivity contribution in [3.05, 3.63) is 47.7 Å². The summed E-state index contributed by atoms with van der Waals surface area (Å²) in [4.78, 5) is 11.2. The van der Waals surface area contributed by atoms with E-state index in [0.717, 1.165) is 37.4 Å². The zero-order chi connectivity index (χ0) is 15.6. The lowest BCUT2D eigenvalue weighted by Gasteiger charge is -2.06. The summed E-state index contributed by atoms with van der Waals surface area (Å²) in [5.41, 5.74) is -0.578. The SMILES string of the molecule is COC(=O)c1ccc(S(=O)(=O)Nc2cccc(F)c2F)o1. The van der Waals surface area contributed by atoms with E-state index in [0.29, 0.717) is 0 Å². The molecule has 1 heterocycles. The highest BCUT2D eigenvalue weighted by Gasteiger charge is 2.23. The first kappa shape index (κ1) is 15.0. The number of hydrogen-bond acceptors (Lipinski definition) is 5. The van der Waals surface area contributed by atoms with Crippen molar-refractivity contribution < 1.29 is 31.1 Å². The van der Waals surface area contributed by atoms with Gasteiger partial charge in [0, 0.05) is 0 Å². The third kappa shape index (κ3) is 3.02. The Kier molecular flexibility index (Phi) is 3.94. The Balaban J connectivity index is 2.32. The number of carbonyl (C=O) groups is 1. The Bertz CT molecular complexity index is 785. The Labute approximate surface area is 118 Å². The van der Waals surface area contributed by atoms with Crippen molar-refractivity contribution in [3.63, 3.8) is 0 Å². The zero-order valence-electron chi connectivity index (χ0n) is 10.6. The average molecular weight is 317 g/mol. The molecule has 0 radical (unpaired) electrons. The highest BCUT2D eigenvalue weighted by Crippen LogP contribution is 2.22. The van der Waals surface area contributed by atoms with E-state index >= 15 is 0 Å². The van der Waals surface area contributed by atoms with Gasteiger partial charge in [-0.05, 0) is 24.3 Å². The molecule has 0 unspecified atom stereocenters. The van der Waals surface area contributed by atoms with E-state index < -0.39 is 38.4 Å². The van der Waals surface area contributed by atoms with Crippen molar-refractivity contribution in [1.82, 2.24) is 0 Å². The Hall–Kier alpha value is -2.42. The van der Waals surface area contributed by atoms with Crippen molar-refractivity contribution in [1.29, 1.82) is 0 Å². The maximum atomic E-state index is 13.4. The summed E-state index contributed by atoms with van der Waals surface area (Å²) in [5, 5.41) is -0.633. The number of nitrogens with one attached hydrogen (secondary N) is 1. The number of benzene rings is 1. The van der Waals surface area contributed by atoms with Gasteiger partial charge in [-0.3, -0.25) is 4.72 Å². The maximum Gasteiger partial charge on any atom is 0.374 e. The van der Waals surface area contributed by atoms with Crippen molar-refractivity contribution in [2.75, 3.05) is 11.8 Å². The molecule has 0 saturated heterocycles. The van der Waals surface area contributed by atoms with Crippen LogP contribution in [0.25, 0.3) is 0 Å². The second kappa shape index (κ2) is 5.52. The predicted octanol–water partition coefficient (Wildman–Crippen LogP) is 2.15. The number of hydrogen-bond donors (Lipinski definition) is 1. The van der Waals surface area contributed by atoms with Crippen LogP contribution in [0.4, 0.5) is 14.5 Å². The molecule has 2 rings (SSSR count). The molecule has 0 saturated carbocycles. The van der Waals surface area contributed by atoms with Gasteiger partial charge in [-0.25, -0.2) is 13.6 Å². The van der Waals surface area contributed by atoms with Gasteiger partial charge in [0.1, 0.15) is 0 Å². The van der Waals surface area contributed by atoms with Crippen LogP contribution in [-0.2, 0) is 14.8 Å². The van der Waals surface area contributed by atoms with Gasteiger partial charge < -0.3 is 9.15 Å². The van der Waals surface area contributed by atoms with E-state index in [1.807, 2.05) is 4.72 Å². The molecule has 0 spiro atoms. The smallest absolute Gasteiger partial charge is 0.374 e. The summed E-state index contributed by atoms with van der Waals surface area (Å²) >= 11 is 0. The molecule has 1 N–H and O–H groups in total. The van der Waals surface area contributed by atoms with Crippen LogP contribution in [0.2, 0.25) is 0 Å². The minimum Gasteiger partial charge on any atom is -0.463 e. The molecular formula is C12H9F2NO5S. The minimum atomic E-state index is -4.30. The van der Waals surface area contributed by atoms with Crippen molar-refractivity contribution >= 4 is 21.7 Å². The quantitative estimate of drug-likeness (QED) is 0.873. The van der Waals surface area contributed by atoms with Gasteiger partial charge in [0.15, 0.2) is 11.6 Å². The molecule has 0 atom stereocenters. The molecule has 1 aromatic carbocycles. The first-order valence-corrected chi connectivity index (χ1v) is 6.98. The van der Waals surface area contributed by atoms with E-state index in [-0.39, 0.29) is 5.76 Å². The molecule has 6 nitrogen and oxygen atoms in total. The summed E-state index contributed by atoms with van der Waals surface area (Å²) in [6, 6.07) is 5.10. The lowest BCUT2D eigenvalue weighted by molar-refractivity contribution is 0.0559. The van der Waals surface area contributed by atoms with Crippen LogP contribution in [0.3, 0.4) is 0 Å². The van der Waals surface area contributed by atoms with Gasteiger partial charge in [0.25, 0.3) is 10.0 Å². The highest BCUT2D eigenvalue weighted by atomic mass is 32.2. The predicted molar refractivity (Wildman–Crippen MR) is 67.2 cm³/mol. The minimum absolute atomic E-state index is 0.336. The number of carbonyl (C=O) groups excluding carboxylic acids is 1. The summed E-state index contributed by atoms with van der Waals surface area (Å²) in [6.07, 6.45) is 0. The van der Waals surface area contributed by atoms with Gasteiger partial charge in [0.2, 0.25) is 10.9 Å². The number of methoxy groups -OCH3 is 1. The Morgan fingerprint density at radius 3 is 2.62 bits per heavy atom. The number of rotatable bonds is 4. The maximum absolute atomic E-state index is 13.4. The summed E-state index contributed by atoms with van der Waals surface area (Å²) < 4.78 is 61.3. The fraction of sp³-hybridized carbons (Fsp3) is 0.0833. The first-order chi connectivity index (χ1) is 9.85. The summed E-state index contributed by atoms with van der Waals surface area (Å²) in [5.74, 6) is -3.75. The monoisotopic (exact) mass is 317 g/mol. The van der Waals surface area contributed by atoms with Crippen LogP contribution in [0, 0.1) is 11.6 Å². The normalized spacial score (nSPS) is 11.2. The van der Waals surface area contributed by atoms with E-state index in [2.05, 4.69) is 4.74 Å². The number of sulfonamides is 1. The third-order valence-corrected chi connectivity index (χ3v) is 3.67.